The summed E-state index contributed by atoms with van der Waals surface area (Å²) in [6.45, 7) is 0. The van der Waals surface area contributed by atoms with E-state index in [2.05, 4.69) is 0 Å². The number of thioether (sulfide) groups is 1. The van der Waals surface area contributed by atoms with Crippen molar-refractivity contribution >= 4 is 28.3 Å². The predicted molar refractivity (Wildman–Crippen MR) is 39.8 cm³/mol. The fraction of sp³-hybridized carbons (Fsp3) is 0. The summed E-state index contributed by atoms with van der Waals surface area (Å²) in [6, 6.07) is 3.75. The van der Waals surface area contributed by atoms with E-state index in [1.54, 1.807) is 0 Å². The Kier molecular flexibility index (Phi) is 2.13. The van der Waals surface area contributed by atoms with Crippen molar-refractivity contribution in [1.82, 2.24) is 0 Å². The zero-order chi connectivity index (χ0) is 6.69. The van der Waals surface area contributed by atoms with Gasteiger partial charge >= 0.3 is 0 Å². The Hall–Kier alpha value is -0.480. The van der Waals surface area contributed by atoms with E-state index in [1.165, 1.54) is 11.3 Å². The lowest BCUT2D eigenvalue weighted by molar-refractivity contribution is 0.267. The van der Waals surface area contributed by atoms with Crippen LogP contribution in [0.25, 0.3) is 0 Å². The molecule has 2 N–H and O–H groups in total. The number of rotatable bonds is 1. The van der Waals surface area contributed by atoms with E-state index >= 15 is 0 Å². The van der Waals surface area contributed by atoms with Crippen LogP contribution in [0.5, 0.6) is 0 Å². The first-order valence-corrected chi connectivity index (χ1v) is 3.99. The molecule has 0 saturated carbocycles. The van der Waals surface area contributed by atoms with Gasteiger partial charge in [-0.05, 0) is 23.2 Å². The second-order valence-corrected chi connectivity index (χ2v) is 3.61. The molecular weight excluding hydrogens is 154 g/mol. The lowest BCUT2D eigenvalue weighted by atomic mass is 10.7. The lowest BCUT2D eigenvalue weighted by Gasteiger charge is -1.85. The molecule has 48 valence electrons. The van der Waals surface area contributed by atoms with E-state index < -0.39 is 0 Å². The average molecular weight is 159 g/mol. The number of carbonyl (C=O) groups excluding carboxylic acids is 1. The molecule has 9 heavy (non-hydrogen) atoms. The monoisotopic (exact) mass is 159 g/mol. The summed E-state index contributed by atoms with van der Waals surface area (Å²) in [6.07, 6.45) is 0. The van der Waals surface area contributed by atoms with Crippen LogP contribution in [0.4, 0.5) is 4.79 Å². The maximum Gasteiger partial charge on any atom is 0.282 e. The third-order valence-corrected chi connectivity index (χ3v) is 2.43. The Morgan fingerprint density at radius 3 is 3.00 bits per heavy atom. The van der Waals surface area contributed by atoms with Gasteiger partial charge in [0.25, 0.3) is 5.24 Å². The molecule has 4 heteroatoms. The maximum absolute atomic E-state index is 10.3. The van der Waals surface area contributed by atoms with E-state index in [1.807, 2.05) is 17.5 Å². The number of hydrogen-bond donors (Lipinski definition) is 1. The van der Waals surface area contributed by atoms with Crippen molar-refractivity contribution in [1.29, 1.82) is 0 Å². The maximum atomic E-state index is 10.3. The molecule has 0 fully saturated rings. The smallest absolute Gasteiger partial charge is 0.282 e. The topological polar surface area (TPSA) is 43.1 Å². The third kappa shape index (κ3) is 2.07. The zero-order valence-corrected chi connectivity index (χ0v) is 6.17. The lowest BCUT2D eigenvalue weighted by Crippen LogP contribution is -2.00. The summed E-state index contributed by atoms with van der Waals surface area (Å²) in [7, 11) is 0. The zero-order valence-electron chi connectivity index (χ0n) is 4.53. The molecule has 1 amide bonds. The van der Waals surface area contributed by atoms with Crippen LogP contribution in [0.15, 0.2) is 21.7 Å². The molecule has 0 radical (unpaired) electrons. The van der Waals surface area contributed by atoms with Crippen molar-refractivity contribution in [2.75, 3.05) is 0 Å². The van der Waals surface area contributed by atoms with Crippen LogP contribution in [0.3, 0.4) is 0 Å². The normalized spacial score (nSPS) is 9.33. The minimum atomic E-state index is -0.350. The standard InChI is InChI=1S/C5H5NOS2/c6-5(7)9-4-2-1-3-8-4/h1-3H,(H2,6,7). The summed E-state index contributed by atoms with van der Waals surface area (Å²) in [5.41, 5.74) is 4.91. The Bertz CT molecular complexity index is 195. The van der Waals surface area contributed by atoms with E-state index in [4.69, 9.17) is 5.73 Å². The van der Waals surface area contributed by atoms with Crippen LogP contribution in [-0.4, -0.2) is 5.24 Å². The number of primary amides is 1. The summed E-state index contributed by atoms with van der Waals surface area (Å²) in [5.74, 6) is 0. The van der Waals surface area contributed by atoms with Gasteiger partial charge in [0.05, 0.1) is 4.21 Å². The van der Waals surface area contributed by atoms with Crippen molar-refractivity contribution in [2.24, 2.45) is 5.73 Å². The van der Waals surface area contributed by atoms with E-state index in [0.717, 1.165) is 16.0 Å². The molecule has 0 spiro atoms. The van der Waals surface area contributed by atoms with Gasteiger partial charge in [0, 0.05) is 0 Å². The van der Waals surface area contributed by atoms with Crippen molar-refractivity contribution in [3.63, 3.8) is 0 Å². The second kappa shape index (κ2) is 2.89. The highest BCUT2D eigenvalue weighted by Crippen LogP contribution is 2.22. The van der Waals surface area contributed by atoms with Crippen molar-refractivity contribution < 1.29 is 4.79 Å². The molecule has 0 unspecified atom stereocenters. The number of hydrogen-bond acceptors (Lipinski definition) is 3. The molecule has 1 rings (SSSR count). The van der Waals surface area contributed by atoms with Crippen LogP contribution in [0.1, 0.15) is 0 Å². The molecule has 0 aliphatic heterocycles. The first-order chi connectivity index (χ1) is 4.29. The highest BCUT2D eigenvalue weighted by atomic mass is 32.2. The molecule has 0 aliphatic carbocycles. The van der Waals surface area contributed by atoms with E-state index in [0.29, 0.717) is 0 Å². The third-order valence-electron chi connectivity index (χ3n) is 0.696. The summed E-state index contributed by atoms with van der Waals surface area (Å²) in [5, 5.41) is 1.56. The highest BCUT2D eigenvalue weighted by Gasteiger charge is 1.97. The molecule has 0 bridgehead atoms. The van der Waals surface area contributed by atoms with Gasteiger partial charge < -0.3 is 5.73 Å². The van der Waals surface area contributed by atoms with E-state index in [-0.39, 0.29) is 5.24 Å². The SMILES string of the molecule is NC(=O)Sc1cccs1. The van der Waals surface area contributed by atoms with Crippen LogP contribution in [0.2, 0.25) is 0 Å². The largest absolute Gasteiger partial charge is 0.360 e. The van der Waals surface area contributed by atoms with Crippen LogP contribution < -0.4 is 5.73 Å². The minimum Gasteiger partial charge on any atom is -0.360 e. The van der Waals surface area contributed by atoms with Crippen LogP contribution in [-0.2, 0) is 0 Å². The fourth-order valence-electron chi connectivity index (χ4n) is 0.421. The van der Waals surface area contributed by atoms with Gasteiger partial charge in [-0.3, -0.25) is 4.79 Å². The van der Waals surface area contributed by atoms with Crippen LogP contribution >= 0.6 is 23.1 Å². The van der Waals surface area contributed by atoms with Gasteiger partial charge in [0.1, 0.15) is 0 Å². The summed E-state index contributed by atoms with van der Waals surface area (Å²) in [4.78, 5) is 10.3. The quantitative estimate of drug-likeness (QED) is 0.636. The summed E-state index contributed by atoms with van der Waals surface area (Å²) >= 11 is 2.58. The number of thiophene rings is 1. The van der Waals surface area contributed by atoms with Gasteiger partial charge in [-0.2, -0.15) is 0 Å². The van der Waals surface area contributed by atoms with Gasteiger partial charge in [-0.15, -0.1) is 11.3 Å². The Morgan fingerprint density at radius 2 is 2.56 bits per heavy atom. The van der Waals surface area contributed by atoms with Crippen molar-refractivity contribution in [2.45, 2.75) is 4.21 Å². The molecule has 2 nitrogen and oxygen atoms in total. The Morgan fingerprint density at radius 1 is 1.78 bits per heavy atom. The minimum absolute atomic E-state index is 0.350. The number of amides is 1. The van der Waals surface area contributed by atoms with Gasteiger partial charge in [0.15, 0.2) is 0 Å². The molecule has 0 aromatic carbocycles. The van der Waals surface area contributed by atoms with Gasteiger partial charge in [-0.25, -0.2) is 0 Å². The number of carbonyl (C=O) groups is 1. The molecule has 1 aromatic heterocycles. The second-order valence-electron chi connectivity index (χ2n) is 1.35. The Labute approximate surface area is 61.1 Å². The molecule has 1 aromatic rings. The van der Waals surface area contributed by atoms with Crippen molar-refractivity contribution in [3.8, 4) is 0 Å². The average Bonchev–Trinajstić information content (AvgIpc) is 2.15. The molecule has 0 aliphatic rings. The predicted octanol–water partition coefficient (Wildman–Crippen LogP) is 1.92. The number of nitrogens with two attached hydrogens (primary N) is 1. The highest BCUT2D eigenvalue weighted by molar-refractivity contribution is 8.14. The molecule has 0 saturated heterocycles. The first-order valence-electron chi connectivity index (χ1n) is 2.30. The molecule has 0 atom stereocenters. The first kappa shape index (κ1) is 6.64. The van der Waals surface area contributed by atoms with Crippen LogP contribution in [0, 0.1) is 0 Å². The molecular formula is C5H5NOS2. The van der Waals surface area contributed by atoms with Gasteiger partial charge in [-0.1, -0.05) is 6.07 Å². The van der Waals surface area contributed by atoms with Crippen molar-refractivity contribution in [3.05, 3.63) is 17.5 Å². The Balaban J connectivity index is 2.58. The molecule has 1 heterocycles. The van der Waals surface area contributed by atoms with Gasteiger partial charge in [0.2, 0.25) is 0 Å². The van der Waals surface area contributed by atoms with E-state index in [9.17, 15) is 4.79 Å². The summed E-state index contributed by atoms with van der Waals surface area (Å²) < 4.78 is 0.947. The fourth-order valence-corrected chi connectivity index (χ4v) is 1.82.